The van der Waals surface area contributed by atoms with Gasteiger partial charge in [-0.1, -0.05) is 72.8 Å². The molecule has 1 heterocycles. The third-order valence-electron chi connectivity index (χ3n) is 5.00. The molecule has 0 aliphatic heterocycles. The Hall–Kier alpha value is -3.55. The second-order valence-corrected chi connectivity index (χ2v) is 8.72. The van der Waals surface area contributed by atoms with E-state index in [-0.39, 0.29) is 24.0 Å². The lowest BCUT2D eigenvalue weighted by Crippen LogP contribution is -2.35. The van der Waals surface area contributed by atoms with Gasteiger partial charge in [0.15, 0.2) is 5.11 Å². The van der Waals surface area contributed by atoms with E-state index < -0.39 is 5.97 Å². The lowest BCUT2D eigenvalue weighted by atomic mass is 10.0. The van der Waals surface area contributed by atoms with Crippen molar-refractivity contribution in [3.8, 4) is 10.4 Å². The monoisotopic (exact) mass is 474 g/mol. The number of carbonyl (C=O) groups is 2. The number of rotatable bonds is 6. The molecule has 33 heavy (non-hydrogen) atoms. The predicted octanol–water partition coefficient (Wildman–Crippen LogP) is 5.80. The van der Waals surface area contributed by atoms with E-state index in [1.165, 1.54) is 11.3 Å². The van der Waals surface area contributed by atoms with Crippen molar-refractivity contribution in [2.45, 2.75) is 13.3 Å². The molecule has 0 radical (unpaired) electrons. The average molecular weight is 475 g/mol. The molecule has 1 amide bonds. The van der Waals surface area contributed by atoms with Gasteiger partial charge in [-0.25, -0.2) is 4.79 Å². The number of anilines is 1. The minimum Gasteiger partial charge on any atom is -0.462 e. The Kier molecular flexibility index (Phi) is 7.12. The highest BCUT2D eigenvalue weighted by atomic mass is 32.1. The Labute approximate surface area is 201 Å². The van der Waals surface area contributed by atoms with E-state index in [0.29, 0.717) is 10.6 Å². The van der Waals surface area contributed by atoms with Crippen LogP contribution in [0.3, 0.4) is 0 Å². The number of amides is 1. The molecule has 0 unspecified atom stereocenters. The number of hydrogen-bond acceptors (Lipinski definition) is 5. The molecule has 0 fully saturated rings. The first kappa shape index (κ1) is 22.6. The molecular formula is C26H22N2O3S2. The number of thiophene rings is 1. The minimum absolute atomic E-state index is 0.132. The van der Waals surface area contributed by atoms with Gasteiger partial charge in [-0.15, -0.1) is 11.3 Å². The molecule has 0 spiro atoms. The second kappa shape index (κ2) is 10.4. The van der Waals surface area contributed by atoms with Gasteiger partial charge in [-0.2, -0.15) is 0 Å². The molecule has 4 rings (SSSR count). The summed E-state index contributed by atoms with van der Waals surface area (Å²) in [6.07, 6.45) is 0.188. The Morgan fingerprint density at radius 1 is 0.970 bits per heavy atom. The number of fused-ring (bicyclic) bond motifs is 1. The fourth-order valence-electron chi connectivity index (χ4n) is 3.51. The number of esters is 1. The van der Waals surface area contributed by atoms with Crippen molar-refractivity contribution in [1.29, 1.82) is 0 Å². The summed E-state index contributed by atoms with van der Waals surface area (Å²) in [5.74, 6) is -0.676. The molecule has 3 aromatic carbocycles. The van der Waals surface area contributed by atoms with E-state index in [9.17, 15) is 9.59 Å². The van der Waals surface area contributed by atoms with E-state index in [4.69, 9.17) is 17.0 Å². The van der Waals surface area contributed by atoms with Gasteiger partial charge in [-0.05, 0) is 47.1 Å². The van der Waals surface area contributed by atoms with Crippen LogP contribution in [0.4, 0.5) is 5.00 Å². The molecule has 5 nitrogen and oxygen atoms in total. The van der Waals surface area contributed by atoms with E-state index in [1.807, 2.05) is 72.8 Å². The first-order valence-electron chi connectivity index (χ1n) is 10.5. The Balaban J connectivity index is 1.49. The van der Waals surface area contributed by atoms with Crippen molar-refractivity contribution < 1.29 is 14.3 Å². The van der Waals surface area contributed by atoms with Crippen molar-refractivity contribution in [2.24, 2.45) is 0 Å². The number of ether oxygens (including phenoxy) is 1. The van der Waals surface area contributed by atoms with Crippen LogP contribution >= 0.6 is 23.6 Å². The maximum atomic E-state index is 12.7. The van der Waals surface area contributed by atoms with E-state index in [0.717, 1.165) is 26.8 Å². The maximum Gasteiger partial charge on any atom is 0.341 e. The highest BCUT2D eigenvalue weighted by molar-refractivity contribution is 7.80. The summed E-state index contributed by atoms with van der Waals surface area (Å²) in [5, 5.41) is 8.51. The zero-order valence-electron chi connectivity index (χ0n) is 18.0. The second-order valence-electron chi connectivity index (χ2n) is 7.26. The van der Waals surface area contributed by atoms with Crippen LogP contribution in [-0.2, 0) is 16.0 Å². The van der Waals surface area contributed by atoms with E-state index in [2.05, 4.69) is 10.6 Å². The van der Waals surface area contributed by atoms with Crippen LogP contribution in [0.2, 0.25) is 0 Å². The van der Waals surface area contributed by atoms with Gasteiger partial charge in [0.2, 0.25) is 5.91 Å². The summed E-state index contributed by atoms with van der Waals surface area (Å²) in [4.78, 5) is 26.1. The zero-order chi connectivity index (χ0) is 23.2. The summed E-state index contributed by atoms with van der Waals surface area (Å²) in [5.41, 5.74) is 2.28. The fraction of sp³-hybridized carbons (Fsp3) is 0.115. The van der Waals surface area contributed by atoms with Gasteiger partial charge >= 0.3 is 5.97 Å². The molecule has 0 saturated heterocycles. The molecular weight excluding hydrogens is 452 g/mol. The van der Waals surface area contributed by atoms with Crippen LogP contribution in [0.25, 0.3) is 21.2 Å². The van der Waals surface area contributed by atoms with Gasteiger partial charge < -0.3 is 15.4 Å². The predicted molar refractivity (Wildman–Crippen MR) is 138 cm³/mol. The van der Waals surface area contributed by atoms with Crippen molar-refractivity contribution in [3.05, 3.63) is 90.0 Å². The average Bonchev–Trinajstić information content (AvgIpc) is 3.23. The highest BCUT2D eigenvalue weighted by Crippen LogP contribution is 2.36. The Bertz CT molecular complexity index is 1310. The van der Waals surface area contributed by atoms with Crippen LogP contribution in [0.5, 0.6) is 0 Å². The molecule has 2 N–H and O–H groups in total. The molecule has 0 bridgehead atoms. The summed E-state index contributed by atoms with van der Waals surface area (Å²) in [6, 6.07) is 25.3. The van der Waals surface area contributed by atoms with Gasteiger partial charge in [-0.3, -0.25) is 4.79 Å². The minimum atomic E-state index is -0.441. The topological polar surface area (TPSA) is 67.4 Å². The molecule has 166 valence electrons. The number of hydrogen-bond donors (Lipinski definition) is 2. The summed E-state index contributed by atoms with van der Waals surface area (Å²) >= 11 is 6.75. The molecule has 0 aliphatic rings. The zero-order valence-corrected chi connectivity index (χ0v) is 19.6. The van der Waals surface area contributed by atoms with Crippen LogP contribution in [-0.4, -0.2) is 23.6 Å². The lowest BCUT2D eigenvalue weighted by molar-refractivity contribution is -0.119. The molecule has 0 aliphatic carbocycles. The van der Waals surface area contributed by atoms with Crippen molar-refractivity contribution >= 4 is 56.3 Å². The summed E-state index contributed by atoms with van der Waals surface area (Å²) < 4.78 is 5.20. The Morgan fingerprint density at radius 2 is 1.70 bits per heavy atom. The third kappa shape index (κ3) is 5.45. The lowest BCUT2D eigenvalue weighted by Gasteiger charge is -2.11. The van der Waals surface area contributed by atoms with Gasteiger partial charge in [0, 0.05) is 4.88 Å². The fourth-order valence-corrected chi connectivity index (χ4v) is 4.85. The first-order valence-corrected chi connectivity index (χ1v) is 11.7. The quantitative estimate of drug-likeness (QED) is 0.273. The van der Waals surface area contributed by atoms with Crippen LogP contribution < -0.4 is 10.6 Å². The molecule has 4 aromatic rings. The van der Waals surface area contributed by atoms with Crippen LogP contribution in [0.1, 0.15) is 22.8 Å². The molecule has 7 heteroatoms. The number of thiocarbonyl (C=S) groups is 1. The van der Waals surface area contributed by atoms with Crippen molar-refractivity contribution in [2.75, 3.05) is 11.9 Å². The first-order chi connectivity index (χ1) is 16.0. The smallest absolute Gasteiger partial charge is 0.341 e. The van der Waals surface area contributed by atoms with Gasteiger partial charge in [0.1, 0.15) is 5.00 Å². The van der Waals surface area contributed by atoms with E-state index in [1.54, 1.807) is 13.0 Å². The SMILES string of the molecule is CCOC(=O)c1cc(-c2ccccc2)sc1NC(=S)NC(=O)Cc1cccc2ccccc12. The van der Waals surface area contributed by atoms with Crippen LogP contribution in [0.15, 0.2) is 78.9 Å². The summed E-state index contributed by atoms with van der Waals surface area (Å²) in [7, 11) is 0. The van der Waals surface area contributed by atoms with Crippen LogP contribution in [0, 0.1) is 0 Å². The molecule has 0 atom stereocenters. The van der Waals surface area contributed by atoms with Crippen molar-refractivity contribution in [3.63, 3.8) is 0 Å². The van der Waals surface area contributed by atoms with Crippen molar-refractivity contribution in [1.82, 2.24) is 5.32 Å². The van der Waals surface area contributed by atoms with E-state index >= 15 is 0 Å². The largest absolute Gasteiger partial charge is 0.462 e. The number of carbonyl (C=O) groups excluding carboxylic acids is 2. The standard InChI is InChI=1S/C26H22N2O3S2/c1-2-31-25(30)21-16-22(18-10-4-3-5-11-18)33-24(21)28-26(32)27-23(29)15-19-13-8-12-17-9-6-7-14-20(17)19/h3-14,16H,2,15H2,1H3,(H2,27,28,29,32). The third-order valence-corrected chi connectivity index (χ3v) is 6.30. The number of nitrogens with one attached hydrogen (secondary N) is 2. The van der Waals surface area contributed by atoms with Gasteiger partial charge in [0.25, 0.3) is 0 Å². The summed E-state index contributed by atoms with van der Waals surface area (Å²) in [6.45, 7) is 2.02. The number of benzene rings is 3. The normalized spacial score (nSPS) is 10.6. The maximum absolute atomic E-state index is 12.7. The molecule has 1 aromatic heterocycles. The van der Waals surface area contributed by atoms with Gasteiger partial charge in [0.05, 0.1) is 18.6 Å². The molecule has 0 saturated carbocycles. The Morgan fingerprint density at radius 3 is 2.48 bits per heavy atom. The highest BCUT2D eigenvalue weighted by Gasteiger charge is 2.19.